The second-order valence-corrected chi connectivity index (χ2v) is 15.9. The predicted octanol–water partition coefficient (Wildman–Crippen LogP) is 6.68. The molecule has 2 saturated carbocycles. The Balaban J connectivity index is 1.43. The van der Waals surface area contributed by atoms with Gasteiger partial charge in [-0.15, -0.1) is 0 Å². The molecule has 12 heteroatoms. The molecule has 268 valence electrons. The van der Waals surface area contributed by atoms with Gasteiger partial charge < -0.3 is 24.4 Å². The molecular weight excluding hydrogens is 634 g/mol. The van der Waals surface area contributed by atoms with Crippen molar-refractivity contribution in [1.29, 1.82) is 0 Å². The largest absolute Gasteiger partial charge is 0.494 e. The maximum atomic E-state index is 16.3. The van der Waals surface area contributed by atoms with E-state index < -0.39 is 65.5 Å². The average molecular weight is 685 g/mol. The number of ether oxygens (including phenoxy) is 3. The Morgan fingerprint density at radius 3 is 2.53 bits per heavy atom. The highest BCUT2D eigenvalue weighted by Gasteiger charge is 2.55. The Labute approximate surface area is 287 Å². The van der Waals surface area contributed by atoms with Gasteiger partial charge in [-0.25, -0.2) is 14.8 Å². The Hall–Kier alpha value is -3.57. The van der Waals surface area contributed by atoms with Gasteiger partial charge in [-0.1, -0.05) is 48.0 Å². The van der Waals surface area contributed by atoms with Crippen LogP contribution in [0.2, 0.25) is 0 Å². The van der Waals surface area contributed by atoms with Gasteiger partial charge in [0.2, 0.25) is 11.8 Å². The molecule has 1 aromatic heterocycles. The van der Waals surface area contributed by atoms with Crippen molar-refractivity contribution in [2.45, 2.75) is 117 Å². The molecule has 2 aliphatic heterocycles. The number of carbonyl (C=O) groups is 3. The van der Waals surface area contributed by atoms with E-state index in [-0.39, 0.29) is 42.2 Å². The van der Waals surface area contributed by atoms with Gasteiger partial charge in [0.05, 0.1) is 30.2 Å². The van der Waals surface area contributed by atoms with Crippen molar-refractivity contribution in [2.24, 2.45) is 35.0 Å². The minimum absolute atomic E-state index is 0.0653. The van der Waals surface area contributed by atoms with Crippen LogP contribution in [0.15, 0.2) is 18.2 Å². The summed E-state index contributed by atoms with van der Waals surface area (Å²) >= 11 is 0. The molecule has 6 rings (SSSR count). The fraction of sp³-hybridized carbons (Fsp3) is 0.703. The van der Waals surface area contributed by atoms with Crippen LogP contribution in [-0.2, 0) is 20.2 Å². The van der Waals surface area contributed by atoms with Crippen molar-refractivity contribution in [3.8, 4) is 11.6 Å². The van der Waals surface area contributed by atoms with Crippen LogP contribution in [0, 0.1) is 35.0 Å². The number of benzene rings is 1. The monoisotopic (exact) mass is 684 g/mol. The third-order valence-electron chi connectivity index (χ3n) is 10.9. The summed E-state index contributed by atoms with van der Waals surface area (Å²) in [7, 11) is 0. The zero-order valence-electron chi connectivity index (χ0n) is 29.6. The Kier molecular flexibility index (Phi) is 9.56. The van der Waals surface area contributed by atoms with Gasteiger partial charge in [-0.3, -0.25) is 9.59 Å². The molecule has 1 N–H and O–H groups in total. The lowest BCUT2D eigenvalue weighted by molar-refractivity contribution is -0.143. The van der Waals surface area contributed by atoms with Crippen molar-refractivity contribution in [3.05, 3.63) is 23.9 Å². The summed E-state index contributed by atoms with van der Waals surface area (Å²) in [6, 6.07) is 3.00. The Morgan fingerprint density at radius 1 is 1.08 bits per heavy atom. The first-order valence-corrected chi connectivity index (χ1v) is 17.9. The van der Waals surface area contributed by atoms with Crippen LogP contribution in [-0.4, -0.2) is 70.1 Å². The molecule has 2 aromatic rings. The zero-order valence-corrected chi connectivity index (χ0v) is 29.6. The van der Waals surface area contributed by atoms with Crippen LogP contribution in [0.1, 0.15) is 92.7 Å². The summed E-state index contributed by atoms with van der Waals surface area (Å²) in [5, 5.41) is 2.86. The number of nitrogens with zero attached hydrogens (tertiary/aromatic N) is 3. The number of hydrogen-bond donors (Lipinski definition) is 1. The van der Waals surface area contributed by atoms with Crippen LogP contribution in [0.4, 0.5) is 13.6 Å². The summed E-state index contributed by atoms with van der Waals surface area (Å²) in [6.07, 6.45) is 0.911. The zero-order chi connectivity index (χ0) is 35.4. The van der Waals surface area contributed by atoms with E-state index in [9.17, 15) is 14.4 Å². The second-order valence-electron chi connectivity index (χ2n) is 15.9. The minimum Gasteiger partial charge on any atom is -0.494 e. The summed E-state index contributed by atoms with van der Waals surface area (Å²) in [6.45, 7) is 13.0. The Morgan fingerprint density at radius 2 is 1.84 bits per heavy atom. The highest BCUT2D eigenvalue weighted by Crippen LogP contribution is 2.58. The van der Waals surface area contributed by atoms with Gasteiger partial charge in [-0.2, -0.15) is 8.78 Å². The topological polar surface area (TPSA) is 120 Å². The van der Waals surface area contributed by atoms with Gasteiger partial charge in [0, 0.05) is 24.3 Å². The maximum Gasteiger partial charge on any atom is 0.408 e. The number of carbonyl (C=O) groups excluding carboxylic acids is 3. The summed E-state index contributed by atoms with van der Waals surface area (Å²) in [5.74, 6) is -3.82. The van der Waals surface area contributed by atoms with E-state index in [0.717, 1.165) is 12.8 Å². The fourth-order valence-electron chi connectivity index (χ4n) is 8.13. The van der Waals surface area contributed by atoms with E-state index in [1.54, 1.807) is 39.0 Å². The van der Waals surface area contributed by atoms with Crippen LogP contribution >= 0.6 is 0 Å². The Bertz CT molecular complexity index is 1590. The molecule has 2 aliphatic carbocycles. The molecule has 8 unspecified atom stereocenters. The molecule has 49 heavy (non-hydrogen) atoms. The van der Waals surface area contributed by atoms with E-state index >= 15 is 8.78 Å². The lowest BCUT2D eigenvalue weighted by Crippen LogP contribution is -2.58. The van der Waals surface area contributed by atoms with Gasteiger partial charge in [-0.05, 0) is 67.9 Å². The number of hydrogen-bond acceptors (Lipinski definition) is 8. The number of ketones is 1. The molecule has 8 atom stereocenters. The average Bonchev–Trinajstić information content (AvgIpc) is 3.60. The summed E-state index contributed by atoms with van der Waals surface area (Å²) in [5.41, 5.74) is -0.679. The lowest BCUT2D eigenvalue weighted by Gasteiger charge is -2.36. The molecule has 0 spiro atoms. The molecule has 3 fully saturated rings. The van der Waals surface area contributed by atoms with Crippen LogP contribution < -0.4 is 14.8 Å². The number of amides is 2. The second kappa shape index (κ2) is 13.3. The van der Waals surface area contributed by atoms with E-state index in [2.05, 4.69) is 15.3 Å². The van der Waals surface area contributed by atoms with E-state index in [0.29, 0.717) is 42.6 Å². The number of nitrogens with one attached hydrogen (secondary N) is 1. The third-order valence-corrected chi connectivity index (χ3v) is 10.9. The molecular formula is C37H50F2N4O6. The van der Waals surface area contributed by atoms with Gasteiger partial charge in [0.25, 0.3) is 5.92 Å². The first-order valence-electron chi connectivity index (χ1n) is 17.9. The SMILES string of the molecule is CCOc1ccc2nc3c(nc2c1)OC1CN(C(=O)C(C(C)(C)C)NC(=O)OC2CC4CC4C2CCCCC3(F)F)C(C(=O)C(C)C)C1C. The van der Waals surface area contributed by atoms with Crippen molar-refractivity contribution in [3.63, 3.8) is 0 Å². The van der Waals surface area contributed by atoms with E-state index in [4.69, 9.17) is 14.2 Å². The molecule has 2 amide bonds. The lowest BCUT2D eigenvalue weighted by atomic mass is 9.85. The van der Waals surface area contributed by atoms with E-state index in [1.165, 1.54) is 4.90 Å². The number of alkyl halides is 2. The van der Waals surface area contributed by atoms with Crippen LogP contribution in [0.25, 0.3) is 11.0 Å². The first-order chi connectivity index (χ1) is 23.1. The molecule has 4 aliphatic rings. The molecule has 1 saturated heterocycles. The highest BCUT2D eigenvalue weighted by atomic mass is 19.3. The van der Waals surface area contributed by atoms with E-state index in [1.807, 2.05) is 27.7 Å². The smallest absolute Gasteiger partial charge is 0.408 e. The number of halogens is 2. The normalized spacial score (nSPS) is 31.8. The van der Waals surface area contributed by atoms with Crippen LogP contribution in [0.3, 0.4) is 0 Å². The summed E-state index contributed by atoms with van der Waals surface area (Å²) < 4.78 is 50.5. The number of fused-ring (bicyclic) bond motifs is 7. The molecule has 2 bridgehead atoms. The first kappa shape index (κ1) is 35.3. The standard InChI is InChI=1S/C37H50F2N4O6/c1-8-47-22-12-13-25-26(17-22)41-33-31(40-25)37(38,39)14-10-9-11-23-24-15-21(24)16-27(23)49-35(46)42-32(36(5,6)7)34(45)43-18-28(48-33)20(4)29(43)30(44)19(2)3/h12-13,17,19-21,23-24,27-29,32H,8-11,14-16,18H2,1-7H3,(H,42,46). The molecule has 3 heterocycles. The minimum atomic E-state index is -3.37. The van der Waals surface area contributed by atoms with Crippen molar-refractivity contribution in [1.82, 2.24) is 20.2 Å². The predicted molar refractivity (Wildman–Crippen MR) is 178 cm³/mol. The number of alkyl carbamates (subject to hydrolysis) is 1. The number of Topliss-reactive ketones (excluding diaryl/α,β-unsaturated/α-hetero) is 1. The van der Waals surface area contributed by atoms with Gasteiger partial charge >= 0.3 is 6.09 Å². The quantitative estimate of drug-likeness (QED) is 0.379. The summed E-state index contributed by atoms with van der Waals surface area (Å²) in [4.78, 5) is 52.1. The van der Waals surface area contributed by atoms with Gasteiger partial charge in [0.1, 0.15) is 24.0 Å². The van der Waals surface area contributed by atoms with Crippen LogP contribution in [0.5, 0.6) is 11.6 Å². The number of aromatic nitrogens is 2. The van der Waals surface area contributed by atoms with Crippen molar-refractivity contribution in [2.75, 3.05) is 13.2 Å². The third kappa shape index (κ3) is 7.06. The van der Waals surface area contributed by atoms with Gasteiger partial charge in [0.15, 0.2) is 11.5 Å². The van der Waals surface area contributed by atoms with Crippen molar-refractivity contribution >= 4 is 28.8 Å². The fourth-order valence-corrected chi connectivity index (χ4v) is 8.13. The molecule has 0 radical (unpaired) electrons. The molecule has 10 nitrogen and oxygen atoms in total. The van der Waals surface area contributed by atoms with Crippen molar-refractivity contribution < 1.29 is 37.4 Å². The number of rotatable bonds is 4. The maximum absolute atomic E-state index is 16.3. The molecule has 1 aromatic carbocycles. The highest BCUT2D eigenvalue weighted by molar-refractivity contribution is 5.94.